The van der Waals surface area contributed by atoms with Crippen LogP contribution in [0, 0.1) is 0 Å². The predicted octanol–water partition coefficient (Wildman–Crippen LogP) is 5.24. The van der Waals surface area contributed by atoms with Gasteiger partial charge in [0.05, 0.1) is 19.4 Å². The number of thiophene rings is 1. The Morgan fingerprint density at radius 2 is 2.00 bits per heavy atom. The molecule has 2 heterocycles. The summed E-state index contributed by atoms with van der Waals surface area (Å²) in [5.74, 6) is 0.672. The number of nitrogens with zero attached hydrogens (tertiary/aromatic N) is 1. The molecule has 1 amide bonds. The molecule has 0 aliphatic rings. The second-order valence-electron chi connectivity index (χ2n) is 5.21. The van der Waals surface area contributed by atoms with E-state index in [1.165, 1.54) is 0 Å². The molecule has 0 N–H and O–H groups in total. The fraction of sp³-hybridized carbons (Fsp3) is 0.105. The first-order valence-electron chi connectivity index (χ1n) is 7.48. The number of hydrogen-bond acceptors (Lipinski definition) is 3. The number of halogens is 1. The minimum atomic E-state index is -0.0836. The third-order valence-corrected chi connectivity index (χ3v) is 4.68. The molecule has 1 aromatic carbocycles. The molecule has 0 unspecified atom stereocenters. The van der Waals surface area contributed by atoms with Gasteiger partial charge in [-0.25, -0.2) is 0 Å². The lowest BCUT2D eigenvalue weighted by Crippen LogP contribution is -2.27. The van der Waals surface area contributed by atoms with Crippen molar-refractivity contribution < 1.29 is 9.21 Å². The Morgan fingerprint density at radius 3 is 2.71 bits per heavy atom. The highest BCUT2D eigenvalue weighted by molar-refractivity contribution is 7.09. The summed E-state index contributed by atoms with van der Waals surface area (Å²) >= 11 is 7.76. The summed E-state index contributed by atoms with van der Waals surface area (Å²) in [5, 5.41) is 2.63. The molecule has 3 nitrogen and oxygen atoms in total. The van der Waals surface area contributed by atoms with Crippen molar-refractivity contribution in [2.45, 2.75) is 13.1 Å². The van der Waals surface area contributed by atoms with Gasteiger partial charge in [0.15, 0.2) is 0 Å². The Kier molecular flexibility index (Phi) is 5.51. The van der Waals surface area contributed by atoms with E-state index in [4.69, 9.17) is 16.0 Å². The first kappa shape index (κ1) is 16.6. The maximum atomic E-state index is 12.6. The molecule has 3 aromatic rings. The van der Waals surface area contributed by atoms with Crippen LogP contribution in [0.5, 0.6) is 0 Å². The minimum Gasteiger partial charge on any atom is -0.467 e. The van der Waals surface area contributed by atoms with E-state index in [9.17, 15) is 4.79 Å². The van der Waals surface area contributed by atoms with Crippen LogP contribution in [0.25, 0.3) is 6.08 Å². The van der Waals surface area contributed by atoms with E-state index in [-0.39, 0.29) is 5.91 Å². The predicted molar refractivity (Wildman–Crippen MR) is 97.8 cm³/mol. The number of amides is 1. The van der Waals surface area contributed by atoms with Crippen molar-refractivity contribution in [3.63, 3.8) is 0 Å². The van der Waals surface area contributed by atoms with Gasteiger partial charge in [0.25, 0.3) is 0 Å². The van der Waals surface area contributed by atoms with Gasteiger partial charge in [-0.1, -0.05) is 35.9 Å². The lowest BCUT2D eigenvalue weighted by atomic mass is 10.2. The van der Waals surface area contributed by atoms with Gasteiger partial charge in [-0.15, -0.1) is 11.3 Å². The molecule has 122 valence electrons. The Hall–Kier alpha value is -2.30. The van der Waals surface area contributed by atoms with Gasteiger partial charge < -0.3 is 9.32 Å². The maximum absolute atomic E-state index is 12.6. The largest absolute Gasteiger partial charge is 0.467 e. The van der Waals surface area contributed by atoms with Crippen LogP contribution in [0.1, 0.15) is 16.2 Å². The highest BCUT2D eigenvalue weighted by atomic mass is 35.5. The van der Waals surface area contributed by atoms with Gasteiger partial charge in [0, 0.05) is 16.0 Å². The highest BCUT2D eigenvalue weighted by Gasteiger charge is 2.14. The molecule has 0 aliphatic heterocycles. The summed E-state index contributed by atoms with van der Waals surface area (Å²) in [5.41, 5.74) is 0.821. The van der Waals surface area contributed by atoms with E-state index in [1.54, 1.807) is 40.7 Å². The normalized spacial score (nSPS) is 11.0. The monoisotopic (exact) mass is 357 g/mol. The van der Waals surface area contributed by atoms with E-state index < -0.39 is 0 Å². The van der Waals surface area contributed by atoms with Crippen LogP contribution in [0.4, 0.5) is 0 Å². The van der Waals surface area contributed by atoms with Crippen LogP contribution < -0.4 is 0 Å². The second-order valence-corrected chi connectivity index (χ2v) is 6.65. The smallest absolute Gasteiger partial charge is 0.247 e. The standard InChI is InChI=1S/C19H16ClNO2S/c20-18-8-2-1-5-15(18)9-10-19(22)21(13-16-6-3-11-23-16)14-17-7-4-12-24-17/h1-12H,13-14H2/b10-9+. The Labute approximate surface area is 149 Å². The molecular weight excluding hydrogens is 342 g/mol. The van der Waals surface area contributed by atoms with Crippen molar-refractivity contribution in [3.8, 4) is 0 Å². The first-order chi connectivity index (χ1) is 11.7. The molecule has 24 heavy (non-hydrogen) atoms. The zero-order valence-electron chi connectivity index (χ0n) is 12.9. The minimum absolute atomic E-state index is 0.0836. The zero-order valence-corrected chi connectivity index (χ0v) is 14.5. The Morgan fingerprint density at radius 1 is 1.12 bits per heavy atom. The molecule has 0 aliphatic carbocycles. The van der Waals surface area contributed by atoms with Gasteiger partial charge >= 0.3 is 0 Å². The third-order valence-electron chi connectivity index (χ3n) is 3.48. The molecule has 0 radical (unpaired) electrons. The summed E-state index contributed by atoms with van der Waals surface area (Å²) in [4.78, 5) is 15.5. The van der Waals surface area contributed by atoms with Crippen LogP contribution in [-0.2, 0) is 17.9 Å². The quantitative estimate of drug-likeness (QED) is 0.565. The molecular formula is C19H16ClNO2S. The van der Waals surface area contributed by atoms with Gasteiger partial charge in [0.2, 0.25) is 5.91 Å². The number of rotatable bonds is 6. The number of benzene rings is 1. The summed E-state index contributed by atoms with van der Waals surface area (Å²) < 4.78 is 5.38. The van der Waals surface area contributed by atoms with Crippen LogP contribution in [0.15, 0.2) is 70.7 Å². The zero-order chi connectivity index (χ0) is 16.8. The summed E-state index contributed by atoms with van der Waals surface area (Å²) in [7, 11) is 0. The maximum Gasteiger partial charge on any atom is 0.247 e. The van der Waals surface area contributed by atoms with Gasteiger partial charge in [0.1, 0.15) is 5.76 Å². The third kappa shape index (κ3) is 4.37. The van der Waals surface area contributed by atoms with Crippen LogP contribution >= 0.6 is 22.9 Å². The van der Waals surface area contributed by atoms with Crippen molar-refractivity contribution in [3.05, 3.63) is 87.5 Å². The fourth-order valence-electron chi connectivity index (χ4n) is 2.27. The van der Waals surface area contributed by atoms with E-state index in [1.807, 2.05) is 47.8 Å². The molecule has 0 saturated carbocycles. The van der Waals surface area contributed by atoms with Crippen LogP contribution in [0.2, 0.25) is 5.02 Å². The van der Waals surface area contributed by atoms with Crippen molar-refractivity contribution in [1.29, 1.82) is 0 Å². The number of carbonyl (C=O) groups is 1. The van der Waals surface area contributed by atoms with Crippen molar-refractivity contribution in [1.82, 2.24) is 4.90 Å². The first-order valence-corrected chi connectivity index (χ1v) is 8.74. The highest BCUT2D eigenvalue weighted by Crippen LogP contribution is 2.18. The number of furan rings is 1. The molecule has 0 bridgehead atoms. The fourth-order valence-corrected chi connectivity index (χ4v) is 3.19. The number of hydrogen-bond donors (Lipinski definition) is 0. The van der Waals surface area contributed by atoms with E-state index in [0.717, 1.165) is 16.2 Å². The SMILES string of the molecule is O=C(/C=C/c1ccccc1Cl)N(Cc1ccco1)Cc1cccs1. The average Bonchev–Trinajstić information content (AvgIpc) is 3.27. The lowest BCUT2D eigenvalue weighted by Gasteiger charge is -2.19. The van der Waals surface area contributed by atoms with Gasteiger partial charge in [-0.05, 0) is 41.3 Å². The van der Waals surface area contributed by atoms with Gasteiger partial charge in [-0.2, -0.15) is 0 Å². The molecule has 5 heteroatoms. The van der Waals surface area contributed by atoms with Crippen LogP contribution in [-0.4, -0.2) is 10.8 Å². The van der Waals surface area contributed by atoms with Crippen molar-refractivity contribution in [2.75, 3.05) is 0 Å². The lowest BCUT2D eigenvalue weighted by molar-refractivity contribution is -0.127. The molecule has 3 rings (SSSR count). The number of carbonyl (C=O) groups excluding carboxylic acids is 1. The van der Waals surface area contributed by atoms with Gasteiger partial charge in [-0.3, -0.25) is 4.79 Å². The van der Waals surface area contributed by atoms with Crippen molar-refractivity contribution >= 4 is 34.9 Å². The Bertz CT molecular complexity index is 774. The van der Waals surface area contributed by atoms with E-state index >= 15 is 0 Å². The molecule has 0 atom stereocenters. The van der Waals surface area contributed by atoms with E-state index in [0.29, 0.717) is 18.1 Å². The molecule has 0 saturated heterocycles. The van der Waals surface area contributed by atoms with E-state index in [2.05, 4.69) is 0 Å². The average molecular weight is 358 g/mol. The summed E-state index contributed by atoms with van der Waals surface area (Å²) in [6.07, 6.45) is 4.91. The molecule has 0 fully saturated rings. The summed E-state index contributed by atoms with van der Waals surface area (Å²) in [6, 6.07) is 15.1. The summed E-state index contributed by atoms with van der Waals surface area (Å²) in [6.45, 7) is 0.973. The van der Waals surface area contributed by atoms with Crippen LogP contribution in [0.3, 0.4) is 0 Å². The Balaban J connectivity index is 1.76. The topological polar surface area (TPSA) is 33.5 Å². The second kappa shape index (κ2) is 7.99. The van der Waals surface area contributed by atoms with Crippen molar-refractivity contribution in [2.24, 2.45) is 0 Å². The molecule has 0 spiro atoms. The molecule has 2 aromatic heterocycles.